The Hall–Kier alpha value is -2.37. The Kier molecular flexibility index (Phi) is 5.06. The van der Waals surface area contributed by atoms with Gasteiger partial charge in [-0.05, 0) is 38.5 Å². The first-order valence-corrected chi connectivity index (χ1v) is 8.51. The first-order valence-electron chi connectivity index (χ1n) is 8.51. The van der Waals surface area contributed by atoms with Gasteiger partial charge in [-0.1, -0.05) is 30.3 Å². The van der Waals surface area contributed by atoms with Crippen LogP contribution in [0.1, 0.15) is 35.2 Å². The Morgan fingerprint density at radius 1 is 1.16 bits per heavy atom. The van der Waals surface area contributed by atoms with Gasteiger partial charge in [0.2, 0.25) is 0 Å². The highest BCUT2D eigenvalue weighted by Crippen LogP contribution is 2.20. The Balaban J connectivity index is 1.65. The first kappa shape index (κ1) is 17.5. The molecule has 5 nitrogen and oxygen atoms in total. The van der Waals surface area contributed by atoms with Crippen LogP contribution in [0.4, 0.5) is 0 Å². The summed E-state index contributed by atoms with van der Waals surface area (Å²) in [6.45, 7) is 7.68. The first-order chi connectivity index (χ1) is 12.0. The number of nitrogens with zero attached hydrogens (tertiary/aromatic N) is 2. The predicted octanol–water partition coefficient (Wildman–Crippen LogP) is 3.14. The summed E-state index contributed by atoms with van der Waals surface area (Å²) in [6, 6.07) is 13.9. The summed E-state index contributed by atoms with van der Waals surface area (Å²) in [7, 11) is 0. The Bertz CT molecular complexity index is 805. The van der Waals surface area contributed by atoms with E-state index in [-0.39, 0.29) is 0 Å². The molecule has 0 aliphatic carbocycles. The van der Waals surface area contributed by atoms with E-state index in [1.807, 2.05) is 29.8 Å². The van der Waals surface area contributed by atoms with E-state index in [4.69, 9.17) is 4.42 Å². The van der Waals surface area contributed by atoms with E-state index < -0.39 is 5.60 Å². The third kappa shape index (κ3) is 4.00. The molecule has 0 radical (unpaired) electrons. The lowest BCUT2D eigenvalue weighted by atomic mass is 10.0. The van der Waals surface area contributed by atoms with Crippen molar-refractivity contribution in [3.8, 4) is 0 Å². The van der Waals surface area contributed by atoms with Crippen molar-refractivity contribution in [1.29, 1.82) is 0 Å². The van der Waals surface area contributed by atoms with Crippen LogP contribution in [0, 0.1) is 13.8 Å². The van der Waals surface area contributed by atoms with Gasteiger partial charge in [0.15, 0.2) is 0 Å². The lowest BCUT2D eigenvalue weighted by Crippen LogP contribution is -2.35. The summed E-state index contributed by atoms with van der Waals surface area (Å²) in [5.74, 6) is 0.563. The number of aromatic nitrogens is 2. The Morgan fingerprint density at radius 2 is 1.92 bits per heavy atom. The number of nitrogens with one attached hydrogen (secondary N) is 1. The molecule has 0 saturated heterocycles. The SMILES string of the molecule is Cc1nn(Cc2ccccc2)c(C)c1CNCC(C)(O)c1ccco1. The van der Waals surface area contributed by atoms with Crippen LogP contribution in [0.3, 0.4) is 0 Å². The molecule has 2 heterocycles. The molecular weight excluding hydrogens is 314 g/mol. The molecular formula is C20H25N3O2. The van der Waals surface area contributed by atoms with Crippen molar-refractivity contribution in [2.24, 2.45) is 0 Å². The van der Waals surface area contributed by atoms with Gasteiger partial charge in [-0.15, -0.1) is 0 Å². The minimum Gasteiger partial charge on any atom is -0.466 e. The molecule has 0 spiro atoms. The molecule has 0 aliphatic heterocycles. The van der Waals surface area contributed by atoms with Crippen molar-refractivity contribution in [2.45, 2.75) is 39.5 Å². The monoisotopic (exact) mass is 339 g/mol. The van der Waals surface area contributed by atoms with Crippen LogP contribution in [0.5, 0.6) is 0 Å². The van der Waals surface area contributed by atoms with Crippen LogP contribution in [0.25, 0.3) is 0 Å². The van der Waals surface area contributed by atoms with Gasteiger partial charge in [-0.2, -0.15) is 5.10 Å². The molecule has 0 amide bonds. The van der Waals surface area contributed by atoms with E-state index in [2.05, 4.69) is 29.5 Å². The highest BCUT2D eigenvalue weighted by Gasteiger charge is 2.26. The largest absolute Gasteiger partial charge is 0.466 e. The molecule has 2 N–H and O–H groups in total. The summed E-state index contributed by atoms with van der Waals surface area (Å²) >= 11 is 0. The zero-order valence-corrected chi connectivity index (χ0v) is 15.0. The number of hydrogen-bond acceptors (Lipinski definition) is 4. The van der Waals surface area contributed by atoms with Crippen LogP contribution in [0.15, 0.2) is 53.1 Å². The highest BCUT2D eigenvalue weighted by molar-refractivity contribution is 5.26. The maximum absolute atomic E-state index is 10.5. The zero-order chi connectivity index (χ0) is 17.9. The van der Waals surface area contributed by atoms with E-state index in [9.17, 15) is 5.11 Å². The summed E-state index contributed by atoms with van der Waals surface area (Å²) in [6.07, 6.45) is 1.58. The molecule has 3 rings (SSSR count). The number of hydrogen-bond donors (Lipinski definition) is 2. The second kappa shape index (κ2) is 7.25. The van der Waals surface area contributed by atoms with Crippen LogP contribution >= 0.6 is 0 Å². The molecule has 5 heteroatoms. The number of furan rings is 1. The van der Waals surface area contributed by atoms with Crippen molar-refractivity contribution < 1.29 is 9.52 Å². The zero-order valence-electron chi connectivity index (χ0n) is 15.0. The lowest BCUT2D eigenvalue weighted by Gasteiger charge is -2.21. The number of benzene rings is 1. The van der Waals surface area contributed by atoms with E-state index in [0.717, 1.165) is 17.9 Å². The van der Waals surface area contributed by atoms with Gasteiger partial charge in [0, 0.05) is 24.3 Å². The summed E-state index contributed by atoms with van der Waals surface area (Å²) in [5.41, 5.74) is 3.52. The third-order valence-corrected chi connectivity index (χ3v) is 4.53. The normalized spacial score (nSPS) is 13.8. The molecule has 1 atom stereocenters. The molecule has 132 valence electrons. The molecule has 1 aromatic carbocycles. The van der Waals surface area contributed by atoms with Crippen LogP contribution < -0.4 is 5.32 Å². The van der Waals surface area contributed by atoms with Crippen molar-refractivity contribution in [3.63, 3.8) is 0 Å². The molecule has 3 aromatic rings. The molecule has 0 aliphatic rings. The summed E-state index contributed by atoms with van der Waals surface area (Å²) in [5, 5.41) is 18.5. The minimum atomic E-state index is -1.04. The van der Waals surface area contributed by atoms with Crippen LogP contribution in [-0.2, 0) is 18.7 Å². The van der Waals surface area contributed by atoms with Gasteiger partial charge in [0.25, 0.3) is 0 Å². The maximum atomic E-state index is 10.5. The van der Waals surface area contributed by atoms with E-state index in [1.54, 1.807) is 25.3 Å². The minimum absolute atomic E-state index is 0.406. The number of rotatable bonds is 7. The van der Waals surface area contributed by atoms with Gasteiger partial charge in [0.1, 0.15) is 11.4 Å². The predicted molar refractivity (Wildman–Crippen MR) is 97.2 cm³/mol. The standard InChI is InChI=1S/C20H25N3O2/c1-15-18(12-21-14-20(3,24)19-10-7-11-25-19)16(2)23(22-15)13-17-8-5-4-6-9-17/h4-11,21,24H,12-14H2,1-3H3. The van der Waals surface area contributed by atoms with E-state index in [0.29, 0.717) is 18.8 Å². The smallest absolute Gasteiger partial charge is 0.136 e. The number of aryl methyl sites for hydroxylation is 1. The van der Waals surface area contributed by atoms with Gasteiger partial charge in [-0.25, -0.2) is 0 Å². The van der Waals surface area contributed by atoms with E-state index in [1.165, 1.54) is 11.1 Å². The topological polar surface area (TPSA) is 63.2 Å². The molecule has 1 unspecified atom stereocenters. The molecule has 0 saturated carbocycles. The third-order valence-electron chi connectivity index (χ3n) is 4.53. The fourth-order valence-electron chi connectivity index (χ4n) is 3.00. The maximum Gasteiger partial charge on any atom is 0.136 e. The van der Waals surface area contributed by atoms with Gasteiger partial charge in [0.05, 0.1) is 18.5 Å². The summed E-state index contributed by atoms with van der Waals surface area (Å²) in [4.78, 5) is 0. The molecule has 25 heavy (non-hydrogen) atoms. The van der Waals surface area contributed by atoms with Crippen molar-refractivity contribution >= 4 is 0 Å². The molecule has 0 fully saturated rings. The van der Waals surface area contributed by atoms with Crippen LogP contribution in [0.2, 0.25) is 0 Å². The Morgan fingerprint density at radius 3 is 2.60 bits per heavy atom. The van der Waals surface area contributed by atoms with Crippen LogP contribution in [-0.4, -0.2) is 21.4 Å². The van der Waals surface area contributed by atoms with Gasteiger partial charge < -0.3 is 14.8 Å². The number of aliphatic hydroxyl groups is 1. The van der Waals surface area contributed by atoms with Crippen molar-refractivity contribution in [1.82, 2.24) is 15.1 Å². The quantitative estimate of drug-likeness (QED) is 0.694. The summed E-state index contributed by atoms with van der Waals surface area (Å²) < 4.78 is 7.35. The van der Waals surface area contributed by atoms with Crippen molar-refractivity contribution in [2.75, 3.05) is 6.54 Å². The second-order valence-corrected chi connectivity index (χ2v) is 6.65. The molecule has 2 aromatic heterocycles. The lowest BCUT2D eigenvalue weighted by molar-refractivity contribution is 0.0340. The second-order valence-electron chi connectivity index (χ2n) is 6.65. The Labute approximate surface area is 148 Å². The average molecular weight is 339 g/mol. The molecule has 0 bridgehead atoms. The highest BCUT2D eigenvalue weighted by atomic mass is 16.4. The van der Waals surface area contributed by atoms with E-state index >= 15 is 0 Å². The average Bonchev–Trinajstić information content (AvgIpc) is 3.21. The fourth-order valence-corrected chi connectivity index (χ4v) is 3.00. The van der Waals surface area contributed by atoms with Gasteiger partial charge >= 0.3 is 0 Å². The fraction of sp³-hybridized carbons (Fsp3) is 0.350. The van der Waals surface area contributed by atoms with Crippen molar-refractivity contribution in [3.05, 3.63) is 77.0 Å². The van der Waals surface area contributed by atoms with Gasteiger partial charge in [-0.3, -0.25) is 4.68 Å².